The first-order valence-corrected chi connectivity index (χ1v) is 11.0. The Balaban J connectivity index is 1.39. The Kier molecular flexibility index (Phi) is 5.45. The van der Waals surface area contributed by atoms with Crippen molar-refractivity contribution in [2.75, 3.05) is 44.4 Å². The van der Waals surface area contributed by atoms with Gasteiger partial charge in [-0.15, -0.1) is 0 Å². The zero-order valence-corrected chi connectivity index (χ0v) is 17.3. The number of rotatable bonds is 4. The number of thioether (sulfide) groups is 2. The fourth-order valence-electron chi connectivity index (χ4n) is 3.32. The monoisotopic (exact) mass is 416 g/mol. The van der Waals surface area contributed by atoms with Crippen LogP contribution in [0.25, 0.3) is 0 Å². The first kappa shape index (κ1) is 19.1. The number of piperazine rings is 1. The van der Waals surface area contributed by atoms with E-state index in [1.807, 2.05) is 30.5 Å². The maximum atomic E-state index is 13.0. The molecule has 4 rings (SSSR count). The lowest BCUT2D eigenvalue weighted by molar-refractivity contribution is -0.130. The summed E-state index contributed by atoms with van der Waals surface area (Å²) in [6.45, 7) is 2.64. The molecule has 2 aliphatic rings. The average Bonchev–Trinajstić information content (AvgIpc) is 3.09. The number of carbonyl (C=O) groups excluding carboxylic acids is 2. The summed E-state index contributed by atoms with van der Waals surface area (Å²) in [7, 11) is 1.65. The van der Waals surface area contributed by atoms with Gasteiger partial charge in [0.15, 0.2) is 16.2 Å². The van der Waals surface area contributed by atoms with Gasteiger partial charge in [-0.1, -0.05) is 23.5 Å². The fourth-order valence-corrected chi connectivity index (χ4v) is 4.85. The van der Waals surface area contributed by atoms with E-state index in [1.165, 1.54) is 23.5 Å². The molecule has 0 aliphatic carbocycles. The zero-order valence-electron chi connectivity index (χ0n) is 15.6. The lowest BCUT2D eigenvalue weighted by Gasteiger charge is -2.36. The van der Waals surface area contributed by atoms with Crippen LogP contribution in [0.2, 0.25) is 0 Å². The third kappa shape index (κ3) is 3.56. The van der Waals surface area contributed by atoms with Crippen molar-refractivity contribution in [3.8, 4) is 5.75 Å². The third-order valence-electron chi connectivity index (χ3n) is 4.90. The molecule has 0 spiro atoms. The number of aromatic nitrogens is 2. The maximum absolute atomic E-state index is 13.0. The maximum Gasteiger partial charge on any atom is 0.244 e. The van der Waals surface area contributed by atoms with Crippen LogP contribution in [-0.4, -0.2) is 71.4 Å². The summed E-state index contributed by atoms with van der Waals surface area (Å²) in [4.78, 5) is 38.2. The van der Waals surface area contributed by atoms with Crippen LogP contribution in [0.15, 0.2) is 40.6 Å². The first-order valence-electron chi connectivity index (χ1n) is 8.90. The number of Topliss-reactive ketones (excluding diaryl/α,β-unsaturated/α-hetero) is 1. The molecule has 0 bridgehead atoms. The molecule has 1 aromatic carbocycles. The van der Waals surface area contributed by atoms with Gasteiger partial charge >= 0.3 is 0 Å². The van der Waals surface area contributed by atoms with Gasteiger partial charge in [0.05, 0.1) is 12.7 Å². The van der Waals surface area contributed by atoms with Gasteiger partial charge in [-0.05, 0) is 30.5 Å². The van der Waals surface area contributed by atoms with E-state index < -0.39 is 5.25 Å². The minimum Gasteiger partial charge on any atom is -0.497 e. The van der Waals surface area contributed by atoms with Gasteiger partial charge in [0, 0.05) is 38.1 Å². The number of fused-ring (bicyclic) bond motifs is 1. The molecule has 1 amide bonds. The average molecular weight is 417 g/mol. The summed E-state index contributed by atoms with van der Waals surface area (Å²) in [6.07, 6.45) is 3.42. The molecule has 2 aliphatic heterocycles. The van der Waals surface area contributed by atoms with Crippen LogP contribution in [0, 0.1) is 0 Å². The Morgan fingerprint density at radius 1 is 1.21 bits per heavy atom. The lowest BCUT2D eigenvalue weighted by Crippen LogP contribution is -2.51. The predicted octanol–water partition coefficient (Wildman–Crippen LogP) is 2.21. The molecule has 0 unspecified atom stereocenters. The Morgan fingerprint density at radius 3 is 2.57 bits per heavy atom. The molecule has 3 heterocycles. The van der Waals surface area contributed by atoms with Crippen LogP contribution in [0.4, 0.5) is 5.69 Å². The van der Waals surface area contributed by atoms with Gasteiger partial charge in [-0.3, -0.25) is 9.59 Å². The molecule has 1 atom stereocenters. The standard InChI is InChI=1S/C19H20N4O3S2/c1-26-13-5-3-12(4-6-13)22-7-9-23(10-8-22)18(25)16-15(24)14-11-20-19(27-2)21-17(14)28-16/h3-6,11,16H,7-10H2,1-2H3/t16-/m1/s1. The Morgan fingerprint density at radius 2 is 1.93 bits per heavy atom. The van der Waals surface area contributed by atoms with E-state index in [4.69, 9.17) is 4.74 Å². The van der Waals surface area contributed by atoms with E-state index in [1.54, 1.807) is 18.2 Å². The molecule has 146 valence electrons. The van der Waals surface area contributed by atoms with Crippen molar-refractivity contribution in [3.05, 3.63) is 36.0 Å². The van der Waals surface area contributed by atoms with Crippen molar-refractivity contribution in [3.63, 3.8) is 0 Å². The second-order valence-electron chi connectivity index (χ2n) is 6.45. The molecule has 1 aromatic heterocycles. The van der Waals surface area contributed by atoms with Crippen LogP contribution in [-0.2, 0) is 4.79 Å². The van der Waals surface area contributed by atoms with Gasteiger partial charge in [-0.25, -0.2) is 9.97 Å². The second-order valence-corrected chi connectivity index (χ2v) is 8.32. The molecule has 1 fully saturated rings. The van der Waals surface area contributed by atoms with E-state index in [0.29, 0.717) is 28.8 Å². The summed E-state index contributed by atoms with van der Waals surface area (Å²) in [5.74, 6) is 0.505. The molecule has 7 nitrogen and oxygen atoms in total. The predicted molar refractivity (Wildman–Crippen MR) is 110 cm³/mol. The van der Waals surface area contributed by atoms with E-state index in [2.05, 4.69) is 14.9 Å². The minimum atomic E-state index is -0.742. The summed E-state index contributed by atoms with van der Waals surface area (Å²) in [6, 6.07) is 7.90. The number of nitrogens with zero attached hydrogens (tertiary/aromatic N) is 4. The summed E-state index contributed by atoms with van der Waals surface area (Å²) in [5, 5.41) is 0.480. The molecular weight excluding hydrogens is 396 g/mol. The zero-order chi connectivity index (χ0) is 19.7. The largest absolute Gasteiger partial charge is 0.497 e. The van der Waals surface area contributed by atoms with Crippen molar-refractivity contribution < 1.29 is 14.3 Å². The highest BCUT2D eigenvalue weighted by atomic mass is 32.2. The number of hydrogen-bond acceptors (Lipinski definition) is 8. The molecule has 0 saturated carbocycles. The summed E-state index contributed by atoms with van der Waals surface area (Å²) >= 11 is 2.66. The highest BCUT2D eigenvalue weighted by Crippen LogP contribution is 2.37. The van der Waals surface area contributed by atoms with Crippen molar-refractivity contribution in [2.24, 2.45) is 0 Å². The minimum absolute atomic E-state index is 0.131. The van der Waals surface area contributed by atoms with Gasteiger partial charge in [0.1, 0.15) is 10.8 Å². The molecular formula is C19H20N4O3S2. The van der Waals surface area contributed by atoms with Crippen molar-refractivity contribution >= 4 is 40.9 Å². The van der Waals surface area contributed by atoms with Crippen LogP contribution in [0.3, 0.4) is 0 Å². The smallest absolute Gasteiger partial charge is 0.244 e. The van der Waals surface area contributed by atoms with Crippen molar-refractivity contribution in [2.45, 2.75) is 15.4 Å². The van der Waals surface area contributed by atoms with Gasteiger partial charge in [0.2, 0.25) is 5.91 Å². The summed E-state index contributed by atoms with van der Waals surface area (Å²) in [5.41, 5.74) is 1.56. The molecule has 0 N–H and O–H groups in total. The van der Waals surface area contributed by atoms with Crippen LogP contribution >= 0.6 is 23.5 Å². The van der Waals surface area contributed by atoms with E-state index >= 15 is 0 Å². The number of ketones is 1. The molecule has 28 heavy (non-hydrogen) atoms. The third-order valence-corrected chi connectivity index (χ3v) is 6.65. The number of anilines is 1. The van der Waals surface area contributed by atoms with Crippen molar-refractivity contribution in [1.29, 1.82) is 0 Å². The van der Waals surface area contributed by atoms with Crippen molar-refractivity contribution in [1.82, 2.24) is 14.9 Å². The first-order chi connectivity index (χ1) is 13.6. The van der Waals surface area contributed by atoms with E-state index in [-0.39, 0.29) is 11.7 Å². The molecule has 1 saturated heterocycles. The van der Waals surface area contributed by atoms with Crippen LogP contribution in [0.1, 0.15) is 10.4 Å². The second kappa shape index (κ2) is 8.00. The van der Waals surface area contributed by atoms with E-state index in [0.717, 1.165) is 24.5 Å². The van der Waals surface area contributed by atoms with Gasteiger partial charge < -0.3 is 14.5 Å². The Hall–Kier alpha value is -2.26. The topological polar surface area (TPSA) is 75.6 Å². The highest BCUT2D eigenvalue weighted by Gasteiger charge is 2.41. The Bertz CT molecular complexity index is 899. The SMILES string of the molecule is COc1ccc(N2CCN(C(=O)[C@@H]3Sc4nc(SC)ncc4C3=O)CC2)cc1. The molecule has 2 aromatic rings. The lowest BCUT2D eigenvalue weighted by atomic mass is 10.1. The fraction of sp³-hybridized carbons (Fsp3) is 0.368. The van der Waals surface area contributed by atoms with Gasteiger partial charge in [0.25, 0.3) is 0 Å². The molecule has 9 heteroatoms. The van der Waals surface area contributed by atoms with Crippen LogP contribution in [0.5, 0.6) is 5.75 Å². The molecule has 0 radical (unpaired) electrons. The van der Waals surface area contributed by atoms with E-state index in [9.17, 15) is 9.59 Å². The number of hydrogen-bond donors (Lipinski definition) is 0. The number of benzene rings is 1. The number of carbonyl (C=O) groups is 2. The Labute approximate surface area is 171 Å². The van der Waals surface area contributed by atoms with Crippen LogP contribution < -0.4 is 9.64 Å². The quantitative estimate of drug-likeness (QED) is 0.325. The normalized spacial score (nSPS) is 18.9. The highest BCUT2D eigenvalue weighted by molar-refractivity contribution is 8.02. The summed E-state index contributed by atoms with van der Waals surface area (Å²) < 4.78 is 5.20. The number of ether oxygens (including phenoxy) is 1. The number of methoxy groups -OCH3 is 1. The number of amides is 1. The van der Waals surface area contributed by atoms with Gasteiger partial charge in [-0.2, -0.15) is 0 Å².